The van der Waals surface area contributed by atoms with Gasteiger partial charge < -0.3 is 29.1 Å². The number of benzene rings is 2. The number of pyridine rings is 1. The molecule has 2 fully saturated rings. The maximum absolute atomic E-state index is 13.6. The van der Waals surface area contributed by atoms with Gasteiger partial charge in [-0.05, 0) is 74.0 Å². The molecule has 2 aromatic heterocycles. The molecule has 6 rings (SSSR count). The van der Waals surface area contributed by atoms with Gasteiger partial charge in [0.1, 0.15) is 27.1 Å². The topological polar surface area (TPSA) is 113 Å². The van der Waals surface area contributed by atoms with Crippen molar-refractivity contribution in [3.63, 3.8) is 0 Å². The van der Waals surface area contributed by atoms with Crippen LogP contribution in [0.3, 0.4) is 0 Å². The van der Waals surface area contributed by atoms with E-state index in [0.29, 0.717) is 63.4 Å². The first-order valence-corrected chi connectivity index (χ1v) is 18.5. The first-order valence-electron chi connectivity index (χ1n) is 16.9. The molecule has 3 unspecified atom stereocenters. The van der Waals surface area contributed by atoms with Crippen molar-refractivity contribution >= 4 is 46.5 Å². The first-order chi connectivity index (χ1) is 24.6. The number of carbonyl (C=O) groups excluding carboxylic acids is 2. The van der Waals surface area contributed by atoms with E-state index in [1.54, 1.807) is 24.3 Å². The van der Waals surface area contributed by atoms with Crippen LogP contribution in [0.5, 0.6) is 11.5 Å². The van der Waals surface area contributed by atoms with Crippen LogP contribution in [0.4, 0.5) is 0 Å². The molecule has 4 heterocycles. The first kappa shape index (κ1) is 36.9. The van der Waals surface area contributed by atoms with E-state index >= 15 is 0 Å². The summed E-state index contributed by atoms with van der Waals surface area (Å²) < 4.78 is 23.4. The number of thiophene rings is 1. The molecule has 0 spiro atoms. The van der Waals surface area contributed by atoms with Crippen LogP contribution in [0.15, 0.2) is 73.1 Å². The zero-order valence-electron chi connectivity index (χ0n) is 28.7. The summed E-state index contributed by atoms with van der Waals surface area (Å²) in [7, 11) is 5.25. The number of halogens is 2. The van der Waals surface area contributed by atoms with E-state index < -0.39 is 18.1 Å². The number of rotatable bonds is 14. The Kier molecular flexibility index (Phi) is 12.0. The van der Waals surface area contributed by atoms with Crippen LogP contribution < -0.4 is 19.5 Å². The average Bonchev–Trinajstić information content (AvgIpc) is 3.67. The van der Waals surface area contributed by atoms with Gasteiger partial charge in [-0.15, -0.1) is 11.3 Å². The summed E-state index contributed by atoms with van der Waals surface area (Å²) in [6.45, 7) is 0.742. The minimum Gasteiger partial charge on any atom is -0.619 e. The van der Waals surface area contributed by atoms with Gasteiger partial charge in [-0.3, -0.25) is 5.32 Å². The molecule has 2 aliphatic rings. The van der Waals surface area contributed by atoms with Crippen molar-refractivity contribution in [2.24, 2.45) is 5.92 Å². The predicted octanol–water partition coefficient (Wildman–Crippen LogP) is 7.09. The summed E-state index contributed by atoms with van der Waals surface area (Å²) in [4.78, 5) is 30.8. The molecule has 0 aliphatic carbocycles. The number of nitrogens with zero attached hydrogens (tertiary/aromatic N) is 2. The lowest BCUT2D eigenvalue weighted by Crippen LogP contribution is -2.41. The Balaban J connectivity index is 1.14. The van der Waals surface area contributed by atoms with Gasteiger partial charge in [0.15, 0.2) is 23.9 Å². The normalized spacial score (nSPS) is 19.7. The number of hydrogen-bond acceptors (Lipinski definition) is 10. The van der Waals surface area contributed by atoms with Crippen molar-refractivity contribution in [3.05, 3.63) is 115 Å². The van der Waals surface area contributed by atoms with Crippen LogP contribution in [0.2, 0.25) is 10.0 Å². The van der Waals surface area contributed by atoms with Gasteiger partial charge in [-0.25, -0.2) is 9.59 Å². The van der Waals surface area contributed by atoms with Gasteiger partial charge in [0.2, 0.25) is 0 Å². The maximum atomic E-state index is 13.6. The molecule has 51 heavy (non-hydrogen) atoms. The fourth-order valence-electron chi connectivity index (χ4n) is 7.09. The second-order valence-corrected chi connectivity index (χ2v) is 15.0. The van der Waals surface area contributed by atoms with Crippen molar-refractivity contribution < 1.29 is 33.3 Å². The average molecular weight is 755 g/mol. The molecule has 2 aliphatic heterocycles. The van der Waals surface area contributed by atoms with Crippen molar-refractivity contribution in [1.82, 2.24) is 10.2 Å². The van der Waals surface area contributed by atoms with E-state index in [0.717, 1.165) is 23.3 Å². The number of esters is 2. The summed E-state index contributed by atoms with van der Waals surface area (Å²) in [5.41, 5.74) is 1.87. The quantitative estimate of drug-likeness (QED) is 0.0819. The summed E-state index contributed by atoms with van der Waals surface area (Å²) in [5.74, 6) is 0.454. The Bertz CT molecular complexity index is 1800. The second kappa shape index (κ2) is 16.6. The lowest BCUT2D eigenvalue weighted by atomic mass is 9.92. The smallest absolute Gasteiger partial charge is 0.348 e. The monoisotopic (exact) mass is 753 g/mol. The van der Waals surface area contributed by atoms with Crippen molar-refractivity contribution in [1.29, 1.82) is 0 Å². The lowest BCUT2D eigenvalue weighted by molar-refractivity contribution is -0.605. The van der Waals surface area contributed by atoms with Gasteiger partial charge in [-0.2, -0.15) is 4.73 Å². The fraction of sp³-hybridized carbons (Fsp3) is 0.395. The SMILES string of the molecule is COc1ccc(C(Cc2c(Cl)c[n+]([O-])cc2Cl)OC(=O)c2ccc(CNC(C(=O)OCC3C[C@H]4CC[C@@H](C3)N4C)c3ccccc3)s2)cc1OC. The molecular weight excluding hydrogens is 713 g/mol. The molecule has 0 amide bonds. The van der Waals surface area contributed by atoms with Gasteiger partial charge >= 0.3 is 11.9 Å². The molecule has 13 heteroatoms. The minimum atomic E-state index is -0.838. The standard InChI is InChI=1S/C38H41Cl2N3O7S/c1-42-26-10-11-27(42)16-23(15-26)22-49-38(45)36(24-7-5-4-6-8-24)41-19-28-12-14-35(51-28)37(44)50-33(18-29-30(39)20-43(46)21-31(29)40)25-9-13-32(47-2)34(17-25)48-3/h4-9,12-14,17,20-21,23,26-27,33,36,41H,10-11,15-16,18-19,22H2,1-3H3/t23?,26-,27+,33?,36?. The van der Waals surface area contributed by atoms with Gasteiger partial charge in [-0.1, -0.05) is 59.6 Å². The largest absolute Gasteiger partial charge is 0.619 e. The highest BCUT2D eigenvalue weighted by Crippen LogP contribution is 2.38. The molecule has 2 saturated heterocycles. The summed E-state index contributed by atoms with van der Waals surface area (Å²) in [5, 5.41) is 15.5. The van der Waals surface area contributed by atoms with Crippen molar-refractivity contribution in [2.45, 2.75) is 62.9 Å². The molecule has 5 atom stereocenters. The van der Waals surface area contributed by atoms with E-state index in [1.807, 2.05) is 36.4 Å². The Hall–Kier alpha value is -3.87. The molecule has 2 bridgehead atoms. The predicted molar refractivity (Wildman–Crippen MR) is 195 cm³/mol. The number of piperidine rings is 1. The van der Waals surface area contributed by atoms with Gasteiger partial charge in [0.05, 0.1) is 20.8 Å². The Morgan fingerprint density at radius 3 is 2.31 bits per heavy atom. The fourth-order valence-corrected chi connectivity index (χ4v) is 8.53. The lowest BCUT2D eigenvalue weighted by Gasteiger charge is -2.36. The van der Waals surface area contributed by atoms with Crippen LogP contribution in [-0.2, 0) is 27.2 Å². The number of ether oxygens (including phenoxy) is 4. The summed E-state index contributed by atoms with van der Waals surface area (Å²) >= 11 is 14.1. The molecule has 2 aromatic carbocycles. The third-order valence-corrected chi connectivity index (χ3v) is 11.6. The Morgan fingerprint density at radius 2 is 1.65 bits per heavy atom. The highest BCUT2D eigenvalue weighted by atomic mass is 35.5. The van der Waals surface area contributed by atoms with Crippen LogP contribution in [0.1, 0.15) is 69.1 Å². The zero-order chi connectivity index (χ0) is 36.1. The van der Waals surface area contributed by atoms with E-state index in [2.05, 4.69) is 17.3 Å². The highest BCUT2D eigenvalue weighted by Gasteiger charge is 2.39. The number of methoxy groups -OCH3 is 2. The number of aromatic nitrogens is 1. The van der Waals surface area contributed by atoms with E-state index in [1.165, 1.54) is 50.8 Å². The Labute approximate surface area is 311 Å². The number of fused-ring (bicyclic) bond motifs is 2. The number of carbonyl (C=O) groups is 2. The van der Waals surface area contributed by atoms with E-state index in [4.69, 9.17) is 42.1 Å². The zero-order valence-corrected chi connectivity index (χ0v) is 31.0. The molecular formula is C38H41Cl2N3O7S. The van der Waals surface area contributed by atoms with Crippen LogP contribution in [0.25, 0.3) is 0 Å². The van der Waals surface area contributed by atoms with Crippen molar-refractivity contribution in [3.8, 4) is 11.5 Å². The molecule has 0 radical (unpaired) electrons. The van der Waals surface area contributed by atoms with Crippen molar-refractivity contribution in [2.75, 3.05) is 27.9 Å². The third kappa shape index (κ3) is 8.78. The van der Waals surface area contributed by atoms with E-state index in [-0.39, 0.29) is 22.4 Å². The summed E-state index contributed by atoms with van der Waals surface area (Å²) in [6, 6.07) is 18.7. The third-order valence-electron chi connectivity index (χ3n) is 9.84. The maximum Gasteiger partial charge on any atom is 0.348 e. The minimum absolute atomic E-state index is 0.0965. The van der Waals surface area contributed by atoms with E-state index in [9.17, 15) is 14.8 Å². The van der Waals surface area contributed by atoms with Crippen LogP contribution >= 0.6 is 34.5 Å². The summed E-state index contributed by atoms with van der Waals surface area (Å²) in [6.07, 6.45) is 6.19. The molecule has 10 nitrogen and oxygen atoms in total. The molecule has 0 saturated carbocycles. The van der Waals surface area contributed by atoms with Crippen LogP contribution in [-0.4, -0.2) is 56.8 Å². The molecule has 4 aromatic rings. The second-order valence-electron chi connectivity index (χ2n) is 13.0. The van der Waals surface area contributed by atoms with Crippen LogP contribution in [0, 0.1) is 11.1 Å². The highest BCUT2D eigenvalue weighted by molar-refractivity contribution is 7.13. The molecule has 1 N–H and O–H groups in total. The van der Waals surface area contributed by atoms with Gasteiger partial charge in [0, 0.05) is 35.5 Å². The van der Waals surface area contributed by atoms with Gasteiger partial charge in [0.25, 0.3) is 0 Å². The number of hydrogen-bond donors (Lipinski definition) is 1. The number of nitrogens with one attached hydrogen (secondary N) is 1. The molecule has 270 valence electrons. The Morgan fingerprint density at radius 1 is 0.961 bits per heavy atom.